The summed E-state index contributed by atoms with van der Waals surface area (Å²) in [6.45, 7) is 2.67. The molecule has 0 aliphatic heterocycles. The molecule has 1 aromatic rings. The predicted octanol–water partition coefficient (Wildman–Crippen LogP) is 1.69. The Kier molecular flexibility index (Phi) is 4.67. The largest absolute Gasteiger partial charge is 0.480 e. The zero-order valence-electron chi connectivity index (χ0n) is 12.6. The van der Waals surface area contributed by atoms with Crippen molar-refractivity contribution in [2.45, 2.75) is 44.0 Å². The maximum absolute atomic E-state index is 12.7. The average molecular weight is 325 g/mol. The quantitative estimate of drug-likeness (QED) is 0.889. The molecule has 0 aromatic heterocycles. The summed E-state index contributed by atoms with van der Waals surface area (Å²) in [5.74, 6) is -1.18. The fourth-order valence-electron chi connectivity index (χ4n) is 2.60. The molecule has 0 heterocycles. The van der Waals surface area contributed by atoms with Gasteiger partial charge in [-0.2, -0.15) is 4.31 Å². The summed E-state index contributed by atoms with van der Waals surface area (Å²) < 4.78 is 26.3. The molecule has 0 amide bonds. The summed E-state index contributed by atoms with van der Waals surface area (Å²) >= 11 is 0. The van der Waals surface area contributed by atoms with Crippen molar-refractivity contribution >= 4 is 21.8 Å². The molecule has 0 unspecified atom stereocenters. The number of hydrogen-bond donors (Lipinski definition) is 1. The standard InChI is InChI=1S/C15H19NO5S/c1-10(2)16(9-15(18)19)22(20,21)12-6-7-13-11(8-12)4-3-5-14(13)17/h6-8,10H,3-5,9H2,1-2H3,(H,18,19). The molecule has 0 atom stereocenters. The van der Waals surface area contributed by atoms with Crippen molar-refractivity contribution in [3.63, 3.8) is 0 Å². The van der Waals surface area contributed by atoms with Crippen LogP contribution in [0.2, 0.25) is 0 Å². The van der Waals surface area contributed by atoms with Crippen LogP contribution in [0.5, 0.6) is 0 Å². The van der Waals surface area contributed by atoms with Gasteiger partial charge in [-0.3, -0.25) is 9.59 Å². The van der Waals surface area contributed by atoms with Crippen LogP contribution in [-0.2, 0) is 21.2 Å². The Bertz CT molecular complexity index is 709. The Hall–Kier alpha value is -1.73. The van der Waals surface area contributed by atoms with Crippen molar-refractivity contribution in [1.82, 2.24) is 4.31 Å². The van der Waals surface area contributed by atoms with Crippen LogP contribution in [0.15, 0.2) is 23.1 Å². The first-order valence-corrected chi connectivity index (χ1v) is 8.57. The van der Waals surface area contributed by atoms with E-state index in [-0.39, 0.29) is 10.7 Å². The van der Waals surface area contributed by atoms with E-state index in [1.165, 1.54) is 18.2 Å². The monoisotopic (exact) mass is 325 g/mol. The number of nitrogens with zero attached hydrogens (tertiary/aromatic N) is 1. The number of carbonyl (C=O) groups excluding carboxylic acids is 1. The second-order valence-electron chi connectivity index (χ2n) is 5.63. The van der Waals surface area contributed by atoms with Crippen LogP contribution in [0.1, 0.15) is 42.6 Å². The molecule has 6 nitrogen and oxygen atoms in total. The molecule has 2 rings (SSSR count). The number of ketones is 1. The summed E-state index contributed by atoms with van der Waals surface area (Å²) in [6.07, 6.45) is 1.85. The number of fused-ring (bicyclic) bond motifs is 1. The van der Waals surface area contributed by atoms with Gasteiger partial charge in [0.25, 0.3) is 0 Å². The third-order valence-corrected chi connectivity index (χ3v) is 5.72. The van der Waals surface area contributed by atoms with E-state index in [1.54, 1.807) is 13.8 Å². The van der Waals surface area contributed by atoms with E-state index in [4.69, 9.17) is 5.11 Å². The lowest BCUT2D eigenvalue weighted by Crippen LogP contribution is -2.40. The molecule has 7 heteroatoms. The van der Waals surface area contributed by atoms with Crippen LogP contribution in [0, 0.1) is 0 Å². The summed E-state index contributed by atoms with van der Waals surface area (Å²) in [5, 5.41) is 8.92. The Morgan fingerprint density at radius 1 is 1.32 bits per heavy atom. The Morgan fingerprint density at radius 3 is 2.59 bits per heavy atom. The molecule has 1 aliphatic rings. The maximum atomic E-state index is 12.7. The lowest BCUT2D eigenvalue weighted by atomic mass is 9.91. The molecule has 120 valence electrons. The van der Waals surface area contributed by atoms with Gasteiger partial charge in [0.15, 0.2) is 5.78 Å². The molecule has 0 saturated carbocycles. The number of sulfonamides is 1. The number of aliphatic carboxylic acids is 1. The van der Waals surface area contributed by atoms with E-state index in [1.807, 2.05) is 0 Å². The average Bonchev–Trinajstić information content (AvgIpc) is 2.44. The Labute approximate surface area is 129 Å². The highest BCUT2D eigenvalue weighted by Crippen LogP contribution is 2.26. The van der Waals surface area contributed by atoms with Crippen LogP contribution in [0.3, 0.4) is 0 Å². The number of hydrogen-bond acceptors (Lipinski definition) is 4. The van der Waals surface area contributed by atoms with Gasteiger partial charge in [0, 0.05) is 18.0 Å². The van der Waals surface area contributed by atoms with Crippen molar-refractivity contribution in [3.8, 4) is 0 Å². The molecule has 0 spiro atoms. The van der Waals surface area contributed by atoms with Crippen LogP contribution < -0.4 is 0 Å². The van der Waals surface area contributed by atoms with E-state index in [0.717, 1.165) is 9.87 Å². The molecule has 0 saturated heterocycles. The van der Waals surface area contributed by atoms with Gasteiger partial charge in [0.05, 0.1) is 4.90 Å². The molecule has 0 fully saturated rings. The van der Waals surface area contributed by atoms with Crippen molar-refractivity contribution < 1.29 is 23.1 Å². The third-order valence-electron chi connectivity index (χ3n) is 3.70. The van der Waals surface area contributed by atoms with Gasteiger partial charge < -0.3 is 5.11 Å². The van der Waals surface area contributed by atoms with E-state index in [2.05, 4.69) is 0 Å². The van der Waals surface area contributed by atoms with Crippen LogP contribution in [0.4, 0.5) is 0 Å². The Balaban J connectivity index is 2.44. The molecule has 1 N–H and O–H groups in total. The van der Waals surface area contributed by atoms with Gasteiger partial charge in [-0.1, -0.05) is 0 Å². The number of Topliss-reactive ketones (excluding diaryl/α,β-unsaturated/α-hetero) is 1. The fourth-order valence-corrected chi connectivity index (χ4v) is 4.23. The fraction of sp³-hybridized carbons (Fsp3) is 0.467. The van der Waals surface area contributed by atoms with Gasteiger partial charge in [-0.05, 0) is 50.5 Å². The molecule has 0 radical (unpaired) electrons. The van der Waals surface area contributed by atoms with E-state index >= 15 is 0 Å². The molecule has 0 bridgehead atoms. The molecule has 1 aromatic carbocycles. The zero-order valence-corrected chi connectivity index (χ0v) is 13.4. The number of carboxylic acids is 1. The summed E-state index contributed by atoms with van der Waals surface area (Å²) in [5.41, 5.74) is 1.29. The lowest BCUT2D eigenvalue weighted by Gasteiger charge is -2.25. The van der Waals surface area contributed by atoms with Gasteiger partial charge in [-0.15, -0.1) is 0 Å². The second-order valence-corrected chi connectivity index (χ2v) is 7.52. The van der Waals surface area contributed by atoms with Gasteiger partial charge in [0.1, 0.15) is 6.54 Å². The van der Waals surface area contributed by atoms with E-state index in [9.17, 15) is 18.0 Å². The maximum Gasteiger partial charge on any atom is 0.318 e. The van der Waals surface area contributed by atoms with Crippen LogP contribution >= 0.6 is 0 Å². The van der Waals surface area contributed by atoms with E-state index < -0.39 is 28.6 Å². The van der Waals surface area contributed by atoms with Crippen LogP contribution in [0.25, 0.3) is 0 Å². The summed E-state index contributed by atoms with van der Waals surface area (Å²) in [6, 6.07) is 3.94. The number of carboxylic acid groups (broad SMARTS) is 1. The first kappa shape index (κ1) is 16.6. The first-order chi connectivity index (χ1) is 10.2. The number of carbonyl (C=O) groups is 2. The zero-order chi connectivity index (χ0) is 16.5. The van der Waals surface area contributed by atoms with Gasteiger partial charge >= 0.3 is 5.97 Å². The number of rotatable bonds is 5. The highest BCUT2D eigenvalue weighted by Gasteiger charge is 2.30. The number of aryl methyl sites for hydroxylation is 1. The predicted molar refractivity (Wildman–Crippen MR) is 80.4 cm³/mol. The SMILES string of the molecule is CC(C)N(CC(=O)O)S(=O)(=O)c1ccc2c(c1)CCCC2=O. The lowest BCUT2D eigenvalue weighted by molar-refractivity contribution is -0.137. The molecule has 22 heavy (non-hydrogen) atoms. The smallest absolute Gasteiger partial charge is 0.318 e. The third kappa shape index (κ3) is 3.20. The van der Waals surface area contributed by atoms with E-state index in [0.29, 0.717) is 24.8 Å². The highest BCUT2D eigenvalue weighted by molar-refractivity contribution is 7.89. The summed E-state index contributed by atoms with van der Waals surface area (Å²) in [4.78, 5) is 22.8. The molecular formula is C15H19NO5S. The molecule has 1 aliphatic carbocycles. The first-order valence-electron chi connectivity index (χ1n) is 7.13. The van der Waals surface area contributed by atoms with Crippen LogP contribution in [-0.4, -0.2) is 42.2 Å². The Morgan fingerprint density at radius 2 is 2.00 bits per heavy atom. The minimum atomic E-state index is -3.91. The van der Waals surface area contributed by atoms with Crippen molar-refractivity contribution in [2.24, 2.45) is 0 Å². The topological polar surface area (TPSA) is 91.8 Å². The van der Waals surface area contributed by atoms with Gasteiger partial charge in [-0.25, -0.2) is 8.42 Å². The minimum absolute atomic E-state index is 0.0245. The van der Waals surface area contributed by atoms with Crippen molar-refractivity contribution in [1.29, 1.82) is 0 Å². The summed E-state index contributed by atoms with van der Waals surface area (Å²) in [7, 11) is -3.91. The second kappa shape index (κ2) is 6.18. The minimum Gasteiger partial charge on any atom is -0.480 e. The van der Waals surface area contributed by atoms with Gasteiger partial charge in [0.2, 0.25) is 10.0 Å². The molecular weight excluding hydrogens is 306 g/mol. The normalized spacial score (nSPS) is 15.2. The highest BCUT2D eigenvalue weighted by atomic mass is 32.2. The van der Waals surface area contributed by atoms with Crippen molar-refractivity contribution in [2.75, 3.05) is 6.54 Å². The van der Waals surface area contributed by atoms with Crippen molar-refractivity contribution in [3.05, 3.63) is 29.3 Å². The number of benzene rings is 1.